The lowest BCUT2D eigenvalue weighted by molar-refractivity contribution is 0.746. The summed E-state index contributed by atoms with van der Waals surface area (Å²) in [5, 5.41) is 10.7. The fourth-order valence-corrected chi connectivity index (χ4v) is 1.60. The van der Waals surface area contributed by atoms with E-state index in [4.69, 9.17) is 0 Å². The number of hydrogen-bond acceptors (Lipinski definition) is 5. The molecule has 18 heavy (non-hydrogen) atoms. The van der Waals surface area contributed by atoms with E-state index in [1.807, 2.05) is 39.4 Å². The lowest BCUT2D eigenvalue weighted by atomic mass is 10.3. The molecular weight excluding hydrogens is 228 g/mol. The maximum absolute atomic E-state index is 4.42. The van der Waals surface area contributed by atoms with E-state index >= 15 is 0 Å². The van der Waals surface area contributed by atoms with Gasteiger partial charge in [0.05, 0.1) is 12.2 Å². The quantitative estimate of drug-likeness (QED) is 0.838. The Morgan fingerprint density at radius 3 is 2.83 bits per heavy atom. The van der Waals surface area contributed by atoms with Crippen molar-refractivity contribution in [3.05, 3.63) is 29.7 Å². The molecule has 0 radical (unpaired) electrons. The molecule has 0 atom stereocenters. The van der Waals surface area contributed by atoms with Crippen LogP contribution in [0.15, 0.2) is 18.5 Å². The topological polar surface area (TPSA) is 67.7 Å². The molecular formula is C12H18N6. The molecule has 0 saturated carbocycles. The predicted octanol–water partition coefficient (Wildman–Crippen LogP) is 1.56. The van der Waals surface area contributed by atoms with Crippen molar-refractivity contribution in [3.63, 3.8) is 0 Å². The normalized spacial score (nSPS) is 10.4. The molecule has 6 heteroatoms. The second-order valence-corrected chi connectivity index (χ2v) is 4.09. The highest BCUT2D eigenvalue weighted by Gasteiger charge is 2.04. The summed E-state index contributed by atoms with van der Waals surface area (Å²) in [5.41, 5.74) is 2.01. The molecule has 2 aromatic heterocycles. The number of hydrogen-bond donors (Lipinski definition) is 2. The molecule has 0 bridgehead atoms. The van der Waals surface area contributed by atoms with Gasteiger partial charge in [-0.3, -0.25) is 4.68 Å². The van der Waals surface area contributed by atoms with Crippen molar-refractivity contribution in [2.45, 2.75) is 20.4 Å². The van der Waals surface area contributed by atoms with Crippen LogP contribution in [-0.2, 0) is 13.6 Å². The molecule has 0 unspecified atom stereocenters. The predicted molar refractivity (Wildman–Crippen MR) is 71.5 cm³/mol. The third-order valence-electron chi connectivity index (χ3n) is 2.51. The number of aromatic nitrogens is 4. The van der Waals surface area contributed by atoms with Crippen LogP contribution in [0, 0.1) is 6.92 Å². The summed E-state index contributed by atoms with van der Waals surface area (Å²) in [5.74, 6) is 1.48. The number of nitrogens with one attached hydrogen (secondary N) is 2. The molecule has 2 heterocycles. The van der Waals surface area contributed by atoms with Gasteiger partial charge in [0.2, 0.25) is 5.95 Å². The van der Waals surface area contributed by atoms with Gasteiger partial charge in [0.25, 0.3) is 0 Å². The summed E-state index contributed by atoms with van der Waals surface area (Å²) in [6, 6.07) is 1.98. The zero-order valence-corrected chi connectivity index (χ0v) is 10.9. The number of rotatable bonds is 5. The van der Waals surface area contributed by atoms with Crippen LogP contribution in [0.5, 0.6) is 0 Å². The van der Waals surface area contributed by atoms with Crippen LogP contribution in [0.1, 0.15) is 18.2 Å². The van der Waals surface area contributed by atoms with Crippen molar-refractivity contribution < 1.29 is 0 Å². The smallest absolute Gasteiger partial charge is 0.224 e. The largest absolute Gasteiger partial charge is 0.364 e. The van der Waals surface area contributed by atoms with E-state index in [2.05, 4.69) is 25.7 Å². The Labute approximate surface area is 106 Å². The molecule has 0 fully saturated rings. The fraction of sp³-hybridized carbons (Fsp3) is 0.417. The zero-order chi connectivity index (χ0) is 13.0. The third kappa shape index (κ3) is 2.97. The van der Waals surface area contributed by atoms with E-state index in [9.17, 15) is 0 Å². The molecule has 6 nitrogen and oxygen atoms in total. The Kier molecular flexibility index (Phi) is 3.76. The van der Waals surface area contributed by atoms with Gasteiger partial charge in [0.15, 0.2) is 0 Å². The van der Waals surface area contributed by atoms with E-state index in [1.165, 1.54) is 0 Å². The van der Waals surface area contributed by atoms with Gasteiger partial charge in [0, 0.05) is 31.5 Å². The SMILES string of the molecule is CCNc1ncc(C)c(NCc2ccn(C)n2)n1. The van der Waals surface area contributed by atoms with E-state index in [-0.39, 0.29) is 0 Å². The molecule has 2 N–H and O–H groups in total. The van der Waals surface area contributed by atoms with Crippen LogP contribution >= 0.6 is 0 Å². The highest BCUT2D eigenvalue weighted by Crippen LogP contribution is 2.13. The molecule has 0 aliphatic carbocycles. The number of nitrogens with zero attached hydrogens (tertiary/aromatic N) is 4. The number of anilines is 2. The van der Waals surface area contributed by atoms with Crippen molar-refractivity contribution in [2.24, 2.45) is 7.05 Å². The highest BCUT2D eigenvalue weighted by atomic mass is 15.3. The van der Waals surface area contributed by atoms with E-state index in [0.717, 1.165) is 23.6 Å². The minimum atomic E-state index is 0.645. The highest BCUT2D eigenvalue weighted by molar-refractivity contribution is 5.46. The van der Waals surface area contributed by atoms with Crippen LogP contribution < -0.4 is 10.6 Å². The maximum Gasteiger partial charge on any atom is 0.224 e. The number of aryl methyl sites for hydroxylation is 2. The Balaban J connectivity index is 2.05. The van der Waals surface area contributed by atoms with Crippen LogP contribution in [0.2, 0.25) is 0 Å². The van der Waals surface area contributed by atoms with E-state index in [0.29, 0.717) is 12.5 Å². The van der Waals surface area contributed by atoms with Crippen molar-refractivity contribution in [1.82, 2.24) is 19.7 Å². The summed E-state index contributed by atoms with van der Waals surface area (Å²) >= 11 is 0. The van der Waals surface area contributed by atoms with Gasteiger partial charge in [-0.2, -0.15) is 10.1 Å². The molecule has 0 saturated heterocycles. The minimum Gasteiger partial charge on any atom is -0.364 e. The first-order valence-corrected chi connectivity index (χ1v) is 5.99. The molecule has 0 aliphatic rings. The second-order valence-electron chi connectivity index (χ2n) is 4.09. The first kappa shape index (κ1) is 12.3. The van der Waals surface area contributed by atoms with E-state index < -0.39 is 0 Å². The average Bonchev–Trinajstić information content (AvgIpc) is 2.76. The van der Waals surface area contributed by atoms with Gasteiger partial charge in [-0.05, 0) is 19.9 Å². The fourth-order valence-electron chi connectivity index (χ4n) is 1.60. The van der Waals surface area contributed by atoms with Crippen LogP contribution in [0.4, 0.5) is 11.8 Å². The van der Waals surface area contributed by atoms with Gasteiger partial charge in [-0.1, -0.05) is 0 Å². The Bertz CT molecular complexity index is 519. The third-order valence-corrected chi connectivity index (χ3v) is 2.51. The summed E-state index contributed by atoms with van der Waals surface area (Å²) in [4.78, 5) is 8.62. The lowest BCUT2D eigenvalue weighted by Gasteiger charge is -2.09. The summed E-state index contributed by atoms with van der Waals surface area (Å²) in [6.45, 7) is 5.47. The van der Waals surface area contributed by atoms with Crippen LogP contribution in [0.3, 0.4) is 0 Å². The molecule has 0 amide bonds. The summed E-state index contributed by atoms with van der Waals surface area (Å²) in [7, 11) is 1.91. The first-order chi connectivity index (χ1) is 8.69. The zero-order valence-electron chi connectivity index (χ0n) is 10.9. The van der Waals surface area contributed by atoms with Gasteiger partial charge in [-0.25, -0.2) is 4.98 Å². The van der Waals surface area contributed by atoms with E-state index in [1.54, 1.807) is 4.68 Å². The molecule has 0 spiro atoms. The standard InChI is InChI=1S/C12H18N6/c1-4-13-12-15-7-9(2)11(16-12)14-8-10-5-6-18(3)17-10/h5-7H,4,8H2,1-3H3,(H2,13,14,15,16). The van der Waals surface area contributed by atoms with Crippen molar-refractivity contribution in [3.8, 4) is 0 Å². The minimum absolute atomic E-state index is 0.645. The van der Waals surface area contributed by atoms with Gasteiger partial charge in [-0.15, -0.1) is 0 Å². The molecule has 96 valence electrons. The van der Waals surface area contributed by atoms with Gasteiger partial charge in [0.1, 0.15) is 5.82 Å². The molecule has 2 rings (SSSR count). The van der Waals surface area contributed by atoms with Crippen LogP contribution in [-0.4, -0.2) is 26.3 Å². The van der Waals surface area contributed by atoms with Gasteiger partial charge >= 0.3 is 0 Å². The first-order valence-electron chi connectivity index (χ1n) is 5.99. The molecule has 0 aliphatic heterocycles. The lowest BCUT2D eigenvalue weighted by Crippen LogP contribution is -2.08. The average molecular weight is 246 g/mol. The molecule has 0 aromatic carbocycles. The van der Waals surface area contributed by atoms with Crippen molar-refractivity contribution in [2.75, 3.05) is 17.2 Å². The Hall–Kier alpha value is -2.11. The maximum atomic E-state index is 4.42. The van der Waals surface area contributed by atoms with Crippen LogP contribution in [0.25, 0.3) is 0 Å². The summed E-state index contributed by atoms with van der Waals surface area (Å²) in [6.07, 6.45) is 3.74. The Morgan fingerprint density at radius 1 is 1.33 bits per heavy atom. The summed E-state index contributed by atoms with van der Waals surface area (Å²) < 4.78 is 1.79. The van der Waals surface area contributed by atoms with Gasteiger partial charge < -0.3 is 10.6 Å². The molecule has 2 aromatic rings. The van der Waals surface area contributed by atoms with Crippen molar-refractivity contribution >= 4 is 11.8 Å². The monoisotopic (exact) mass is 246 g/mol. The second kappa shape index (κ2) is 5.48. The van der Waals surface area contributed by atoms with Crippen molar-refractivity contribution in [1.29, 1.82) is 0 Å². The Morgan fingerprint density at radius 2 is 2.17 bits per heavy atom.